The molecule has 10 heteroatoms. The minimum absolute atomic E-state index is 0.212. The summed E-state index contributed by atoms with van der Waals surface area (Å²) in [5.74, 6) is 1.14. The number of halogens is 1. The summed E-state index contributed by atoms with van der Waals surface area (Å²) in [7, 11) is 1.66. The third kappa shape index (κ3) is 5.23. The number of hydrogen-bond donors (Lipinski definition) is 2. The van der Waals surface area contributed by atoms with Gasteiger partial charge in [-0.25, -0.2) is 15.0 Å². The Bertz CT molecular complexity index is 1300. The van der Waals surface area contributed by atoms with Crippen molar-refractivity contribution in [3.05, 3.63) is 65.6 Å². The highest BCUT2D eigenvalue weighted by Gasteiger charge is 2.18. The highest BCUT2D eigenvalue weighted by Crippen LogP contribution is 2.31. The first-order chi connectivity index (χ1) is 17.1. The summed E-state index contributed by atoms with van der Waals surface area (Å²) in [6.45, 7) is 5.71. The van der Waals surface area contributed by atoms with Crippen molar-refractivity contribution in [2.45, 2.75) is 6.54 Å². The topological polar surface area (TPSA) is 91.0 Å². The van der Waals surface area contributed by atoms with E-state index in [9.17, 15) is 0 Å². The Balaban J connectivity index is 1.33. The Kier molecular flexibility index (Phi) is 7.10. The fraction of sp³-hybridized carbons (Fsp3) is 0.320. The number of nitrogens with one attached hydrogen (secondary N) is 1. The van der Waals surface area contributed by atoms with E-state index in [2.05, 4.69) is 36.1 Å². The largest absolute Gasteiger partial charge is 0.495 e. The third-order valence-electron chi connectivity index (χ3n) is 6.20. The van der Waals surface area contributed by atoms with Crippen LogP contribution in [0.25, 0.3) is 17.0 Å². The Hall–Kier alpha value is -3.24. The van der Waals surface area contributed by atoms with Gasteiger partial charge in [0.25, 0.3) is 0 Å². The van der Waals surface area contributed by atoms with E-state index in [4.69, 9.17) is 21.4 Å². The zero-order chi connectivity index (χ0) is 24.2. The van der Waals surface area contributed by atoms with E-state index in [1.54, 1.807) is 19.5 Å². The molecule has 1 aliphatic rings. The molecule has 1 aliphatic heterocycles. The predicted molar refractivity (Wildman–Crippen MR) is 136 cm³/mol. The van der Waals surface area contributed by atoms with Crippen molar-refractivity contribution >= 4 is 28.9 Å². The molecule has 2 N–H and O–H groups in total. The van der Waals surface area contributed by atoms with Crippen LogP contribution in [0.2, 0.25) is 5.02 Å². The molecule has 1 fully saturated rings. The smallest absolute Gasteiger partial charge is 0.227 e. The SMILES string of the molecule is COc1cc(CN2CCN(CCO)CC2)ccc1Nc1ncc(Cl)c(-c2cnc3ccccn23)n1. The molecule has 0 saturated carbocycles. The van der Waals surface area contributed by atoms with Crippen molar-refractivity contribution in [3.8, 4) is 17.1 Å². The Morgan fingerprint density at radius 1 is 1.06 bits per heavy atom. The first-order valence-corrected chi connectivity index (χ1v) is 12.0. The fourth-order valence-corrected chi connectivity index (χ4v) is 4.53. The number of rotatable bonds is 8. The van der Waals surface area contributed by atoms with Gasteiger partial charge in [0.05, 0.1) is 42.5 Å². The maximum Gasteiger partial charge on any atom is 0.227 e. The molecule has 0 spiro atoms. The number of aliphatic hydroxyl groups is 1. The number of nitrogens with zero attached hydrogens (tertiary/aromatic N) is 6. The minimum atomic E-state index is 0.212. The zero-order valence-electron chi connectivity index (χ0n) is 19.6. The van der Waals surface area contributed by atoms with Gasteiger partial charge in [0.1, 0.15) is 17.1 Å². The summed E-state index contributed by atoms with van der Waals surface area (Å²) in [5.41, 5.74) is 4.15. The summed E-state index contributed by atoms with van der Waals surface area (Å²) in [6.07, 6.45) is 5.27. The molecule has 0 amide bonds. The molecule has 0 radical (unpaired) electrons. The van der Waals surface area contributed by atoms with E-state index < -0.39 is 0 Å². The Morgan fingerprint density at radius 2 is 1.89 bits per heavy atom. The lowest BCUT2D eigenvalue weighted by atomic mass is 10.1. The number of ether oxygens (including phenoxy) is 1. The Labute approximate surface area is 209 Å². The highest BCUT2D eigenvalue weighted by atomic mass is 35.5. The summed E-state index contributed by atoms with van der Waals surface area (Å²) in [6, 6.07) is 11.9. The molecule has 35 heavy (non-hydrogen) atoms. The predicted octanol–water partition coefficient (Wildman–Crippen LogP) is 3.31. The third-order valence-corrected chi connectivity index (χ3v) is 6.48. The van der Waals surface area contributed by atoms with Gasteiger partial charge in [0.15, 0.2) is 0 Å². The summed E-state index contributed by atoms with van der Waals surface area (Å²) < 4.78 is 7.61. The lowest BCUT2D eigenvalue weighted by Gasteiger charge is -2.34. The van der Waals surface area contributed by atoms with Crippen molar-refractivity contribution in [2.75, 3.05) is 51.8 Å². The molecule has 0 aliphatic carbocycles. The van der Waals surface area contributed by atoms with E-state index in [1.807, 2.05) is 40.9 Å². The van der Waals surface area contributed by atoms with Gasteiger partial charge in [-0.2, -0.15) is 0 Å². The lowest BCUT2D eigenvalue weighted by Crippen LogP contribution is -2.46. The van der Waals surface area contributed by atoms with Crippen LogP contribution in [-0.4, -0.2) is 80.7 Å². The van der Waals surface area contributed by atoms with Gasteiger partial charge < -0.3 is 15.2 Å². The van der Waals surface area contributed by atoms with Crippen molar-refractivity contribution in [3.63, 3.8) is 0 Å². The average Bonchev–Trinajstić information content (AvgIpc) is 3.31. The van der Waals surface area contributed by atoms with E-state index in [0.29, 0.717) is 16.7 Å². The van der Waals surface area contributed by atoms with Crippen LogP contribution in [0.3, 0.4) is 0 Å². The van der Waals surface area contributed by atoms with Crippen LogP contribution >= 0.6 is 11.6 Å². The molecule has 0 atom stereocenters. The number of aromatic nitrogens is 4. The number of piperazine rings is 1. The van der Waals surface area contributed by atoms with Crippen molar-refractivity contribution in [2.24, 2.45) is 0 Å². The number of hydrogen-bond acceptors (Lipinski definition) is 8. The number of anilines is 2. The molecule has 1 saturated heterocycles. The molecule has 9 nitrogen and oxygen atoms in total. The maximum absolute atomic E-state index is 9.13. The molecule has 3 aromatic heterocycles. The first-order valence-electron chi connectivity index (χ1n) is 11.6. The lowest BCUT2D eigenvalue weighted by molar-refractivity contribution is 0.108. The number of fused-ring (bicyclic) bond motifs is 1. The van der Waals surface area contributed by atoms with Gasteiger partial charge in [-0.05, 0) is 29.8 Å². The first kappa shape index (κ1) is 23.5. The molecule has 0 unspecified atom stereocenters. The normalized spacial score (nSPS) is 14.9. The number of imidazole rings is 1. The zero-order valence-corrected chi connectivity index (χ0v) is 20.3. The van der Waals surface area contributed by atoms with E-state index in [1.165, 1.54) is 5.56 Å². The van der Waals surface area contributed by atoms with Crippen LogP contribution in [0.5, 0.6) is 5.75 Å². The number of β-amino-alcohol motifs (C(OH)–C–C–N with tert-alkyl or cyclic N) is 1. The van der Waals surface area contributed by atoms with Gasteiger partial charge in [0, 0.05) is 45.5 Å². The molecule has 5 rings (SSSR count). The van der Waals surface area contributed by atoms with Gasteiger partial charge in [-0.3, -0.25) is 14.2 Å². The monoisotopic (exact) mass is 493 g/mol. The van der Waals surface area contributed by atoms with Crippen molar-refractivity contribution in [1.82, 2.24) is 29.2 Å². The number of pyridine rings is 1. The summed E-state index contributed by atoms with van der Waals surface area (Å²) in [4.78, 5) is 18.2. The van der Waals surface area contributed by atoms with Gasteiger partial charge >= 0.3 is 0 Å². The second-order valence-electron chi connectivity index (χ2n) is 8.46. The summed E-state index contributed by atoms with van der Waals surface area (Å²) >= 11 is 6.45. The second-order valence-corrected chi connectivity index (χ2v) is 8.87. The van der Waals surface area contributed by atoms with Crippen LogP contribution in [-0.2, 0) is 6.54 Å². The molecule has 0 bridgehead atoms. The Morgan fingerprint density at radius 3 is 2.69 bits per heavy atom. The van der Waals surface area contributed by atoms with Gasteiger partial charge in [0.2, 0.25) is 5.95 Å². The van der Waals surface area contributed by atoms with Crippen LogP contribution in [0.4, 0.5) is 11.6 Å². The molecular formula is C25H28ClN7O2. The van der Waals surface area contributed by atoms with Crippen molar-refractivity contribution in [1.29, 1.82) is 0 Å². The average molecular weight is 494 g/mol. The van der Waals surface area contributed by atoms with Crippen LogP contribution in [0, 0.1) is 0 Å². The number of benzene rings is 1. The van der Waals surface area contributed by atoms with Crippen LogP contribution < -0.4 is 10.1 Å². The second kappa shape index (κ2) is 10.6. The van der Waals surface area contributed by atoms with Crippen LogP contribution in [0.15, 0.2) is 55.0 Å². The molecule has 182 valence electrons. The molecule has 4 aromatic rings. The molecule has 4 heterocycles. The number of methoxy groups -OCH3 is 1. The van der Waals surface area contributed by atoms with E-state index in [-0.39, 0.29) is 6.61 Å². The molecular weight excluding hydrogens is 466 g/mol. The fourth-order valence-electron chi connectivity index (χ4n) is 4.34. The summed E-state index contributed by atoms with van der Waals surface area (Å²) in [5, 5.41) is 12.9. The van der Waals surface area contributed by atoms with E-state index in [0.717, 1.165) is 62.0 Å². The van der Waals surface area contributed by atoms with Gasteiger partial charge in [-0.1, -0.05) is 23.7 Å². The van der Waals surface area contributed by atoms with E-state index >= 15 is 0 Å². The number of aliphatic hydroxyl groups excluding tert-OH is 1. The van der Waals surface area contributed by atoms with Gasteiger partial charge in [-0.15, -0.1) is 0 Å². The highest BCUT2D eigenvalue weighted by molar-refractivity contribution is 6.32. The van der Waals surface area contributed by atoms with Crippen molar-refractivity contribution < 1.29 is 9.84 Å². The van der Waals surface area contributed by atoms with Crippen LogP contribution in [0.1, 0.15) is 5.56 Å². The molecule has 1 aromatic carbocycles. The standard InChI is InChI=1S/C25H28ClN7O2/c1-35-22-14-18(17-32-10-8-31(9-11-32)12-13-34)5-6-20(22)29-25-28-15-19(26)24(30-25)21-16-27-23-4-2-3-7-33(21)23/h2-7,14-16,34H,8-13,17H2,1H3,(H,28,29,30). The maximum atomic E-state index is 9.13. The quantitative estimate of drug-likeness (QED) is 0.386. The minimum Gasteiger partial charge on any atom is -0.495 e.